The number of carbonyl (C=O) groups is 1. The van der Waals surface area contributed by atoms with E-state index in [4.69, 9.17) is 16.0 Å². The number of rotatable bonds is 5. The largest absolute Gasteiger partial charge is 0.411 e. The van der Waals surface area contributed by atoms with Crippen LogP contribution in [0.1, 0.15) is 0 Å². The van der Waals surface area contributed by atoms with Gasteiger partial charge in [0.1, 0.15) is 0 Å². The standard InChI is InChI=1S/C16H11BrClN3O2S/c17-11-4-1-3-10(7-11)15-20-21-16(23-15)24-9-14(22)19-13-6-2-5-12(18)8-13/h1-8H,9H2,(H,19,22). The zero-order chi connectivity index (χ0) is 16.9. The molecule has 1 heterocycles. The number of carbonyl (C=O) groups excluding carboxylic acids is 1. The van der Waals surface area contributed by atoms with Crippen LogP contribution < -0.4 is 5.32 Å². The summed E-state index contributed by atoms with van der Waals surface area (Å²) in [6, 6.07) is 14.5. The normalized spacial score (nSPS) is 10.6. The molecule has 0 radical (unpaired) electrons. The van der Waals surface area contributed by atoms with Crippen molar-refractivity contribution in [1.82, 2.24) is 10.2 Å². The molecule has 0 unspecified atom stereocenters. The van der Waals surface area contributed by atoms with Crippen molar-refractivity contribution < 1.29 is 9.21 Å². The molecule has 5 nitrogen and oxygen atoms in total. The fourth-order valence-corrected chi connectivity index (χ4v) is 3.05. The Kier molecular flexibility index (Phi) is 5.55. The Morgan fingerprint density at radius 2 is 2.04 bits per heavy atom. The second-order valence-electron chi connectivity index (χ2n) is 4.73. The third-order valence-electron chi connectivity index (χ3n) is 2.91. The fraction of sp³-hybridized carbons (Fsp3) is 0.0625. The molecule has 1 N–H and O–H groups in total. The second kappa shape index (κ2) is 7.83. The summed E-state index contributed by atoms with van der Waals surface area (Å²) in [6.45, 7) is 0. The van der Waals surface area contributed by atoms with Crippen molar-refractivity contribution in [2.75, 3.05) is 11.1 Å². The number of hydrogen-bond donors (Lipinski definition) is 1. The van der Waals surface area contributed by atoms with E-state index in [-0.39, 0.29) is 11.7 Å². The van der Waals surface area contributed by atoms with Crippen LogP contribution in [-0.4, -0.2) is 21.9 Å². The lowest BCUT2D eigenvalue weighted by molar-refractivity contribution is -0.113. The van der Waals surface area contributed by atoms with Crippen LogP contribution in [0.25, 0.3) is 11.5 Å². The molecule has 0 spiro atoms. The topological polar surface area (TPSA) is 68.0 Å². The summed E-state index contributed by atoms with van der Waals surface area (Å²) in [5.41, 5.74) is 1.46. The van der Waals surface area contributed by atoms with E-state index >= 15 is 0 Å². The third kappa shape index (κ3) is 4.59. The SMILES string of the molecule is O=C(CSc1nnc(-c2cccc(Br)c2)o1)Nc1cccc(Cl)c1. The van der Waals surface area contributed by atoms with Crippen LogP contribution in [0.4, 0.5) is 5.69 Å². The average molecular weight is 425 g/mol. The Morgan fingerprint density at radius 1 is 1.21 bits per heavy atom. The number of nitrogens with zero attached hydrogens (tertiary/aromatic N) is 2. The van der Waals surface area contributed by atoms with Crippen LogP contribution >= 0.6 is 39.3 Å². The zero-order valence-corrected chi connectivity index (χ0v) is 15.4. The molecule has 8 heteroatoms. The molecule has 122 valence electrons. The molecule has 0 atom stereocenters. The summed E-state index contributed by atoms with van der Waals surface area (Å²) in [6.07, 6.45) is 0. The first-order valence-corrected chi connectivity index (χ1v) is 9.03. The van der Waals surface area contributed by atoms with E-state index in [0.717, 1.165) is 10.0 Å². The Labute approximate surface area is 155 Å². The predicted molar refractivity (Wildman–Crippen MR) is 98.2 cm³/mol. The highest BCUT2D eigenvalue weighted by Crippen LogP contribution is 2.25. The van der Waals surface area contributed by atoms with E-state index in [0.29, 0.717) is 21.8 Å². The quantitative estimate of drug-likeness (QED) is 0.591. The molecule has 0 aliphatic heterocycles. The minimum absolute atomic E-state index is 0.159. The molecule has 0 fully saturated rings. The van der Waals surface area contributed by atoms with E-state index in [2.05, 4.69) is 31.4 Å². The third-order valence-corrected chi connectivity index (χ3v) is 4.46. The van der Waals surface area contributed by atoms with Gasteiger partial charge in [0.15, 0.2) is 0 Å². The predicted octanol–water partition coefficient (Wildman–Crippen LogP) is 4.88. The molecular weight excluding hydrogens is 414 g/mol. The number of halogens is 2. The van der Waals surface area contributed by atoms with Crippen molar-refractivity contribution in [3.05, 3.63) is 58.0 Å². The highest BCUT2D eigenvalue weighted by atomic mass is 79.9. The van der Waals surface area contributed by atoms with Gasteiger partial charge in [-0.3, -0.25) is 4.79 Å². The maximum atomic E-state index is 11.9. The Balaban J connectivity index is 1.58. The van der Waals surface area contributed by atoms with Gasteiger partial charge in [-0.25, -0.2) is 0 Å². The van der Waals surface area contributed by atoms with Crippen LogP contribution in [0.5, 0.6) is 0 Å². The molecule has 0 aliphatic carbocycles. The number of anilines is 1. The molecule has 0 bridgehead atoms. The minimum atomic E-state index is -0.176. The van der Waals surface area contributed by atoms with E-state index in [9.17, 15) is 4.79 Å². The summed E-state index contributed by atoms with van der Waals surface area (Å²) >= 11 is 10.5. The number of thioether (sulfide) groups is 1. The van der Waals surface area contributed by atoms with Crippen molar-refractivity contribution in [1.29, 1.82) is 0 Å². The van der Waals surface area contributed by atoms with Gasteiger partial charge < -0.3 is 9.73 Å². The molecule has 24 heavy (non-hydrogen) atoms. The molecule has 0 saturated carbocycles. The van der Waals surface area contributed by atoms with Gasteiger partial charge in [-0.1, -0.05) is 51.4 Å². The monoisotopic (exact) mass is 423 g/mol. The van der Waals surface area contributed by atoms with Gasteiger partial charge in [0.25, 0.3) is 5.22 Å². The summed E-state index contributed by atoms with van der Waals surface area (Å²) < 4.78 is 6.49. The van der Waals surface area contributed by atoms with E-state index in [1.807, 2.05) is 24.3 Å². The lowest BCUT2D eigenvalue weighted by Crippen LogP contribution is -2.13. The van der Waals surface area contributed by atoms with Crippen molar-refractivity contribution in [3.63, 3.8) is 0 Å². The summed E-state index contributed by atoms with van der Waals surface area (Å²) in [5.74, 6) is 0.394. The lowest BCUT2D eigenvalue weighted by atomic mass is 10.2. The number of benzene rings is 2. The van der Waals surface area contributed by atoms with Gasteiger partial charge in [0, 0.05) is 20.7 Å². The van der Waals surface area contributed by atoms with Gasteiger partial charge in [0.2, 0.25) is 11.8 Å². The Bertz CT molecular complexity index is 872. The minimum Gasteiger partial charge on any atom is -0.411 e. The first kappa shape index (κ1) is 17.0. The van der Waals surface area contributed by atoms with Crippen molar-refractivity contribution in [2.24, 2.45) is 0 Å². The maximum Gasteiger partial charge on any atom is 0.277 e. The summed E-state index contributed by atoms with van der Waals surface area (Å²) in [5, 5.41) is 11.6. The molecule has 1 aromatic heterocycles. The van der Waals surface area contributed by atoms with Gasteiger partial charge in [-0.05, 0) is 36.4 Å². The smallest absolute Gasteiger partial charge is 0.277 e. The van der Waals surface area contributed by atoms with Crippen LogP contribution in [-0.2, 0) is 4.79 Å². The van der Waals surface area contributed by atoms with Crippen LogP contribution in [0.3, 0.4) is 0 Å². The number of amides is 1. The molecule has 3 rings (SSSR count). The van der Waals surface area contributed by atoms with E-state index in [1.165, 1.54) is 11.8 Å². The van der Waals surface area contributed by atoms with Crippen molar-refractivity contribution in [3.8, 4) is 11.5 Å². The fourth-order valence-electron chi connectivity index (χ4n) is 1.90. The average Bonchev–Trinajstić information content (AvgIpc) is 3.02. The number of hydrogen-bond acceptors (Lipinski definition) is 5. The molecular formula is C16H11BrClN3O2S. The van der Waals surface area contributed by atoms with Crippen molar-refractivity contribution in [2.45, 2.75) is 5.22 Å². The highest BCUT2D eigenvalue weighted by Gasteiger charge is 2.11. The van der Waals surface area contributed by atoms with Crippen LogP contribution in [0.2, 0.25) is 5.02 Å². The van der Waals surface area contributed by atoms with Crippen LogP contribution in [0.15, 0.2) is 62.6 Å². The highest BCUT2D eigenvalue weighted by molar-refractivity contribution is 9.10. The van der Waals surface area contributed by atoms with Gasteiger partial charge >= 0.3 is 0 Å². The number of aromatic nitrogens is 2. The molecule has 3 aromatic rings. The molecule has 0 saturated heterocycles. The Morgan fingerprint density at radius 3 is 2.83 bits per heavy atom. The Hall–Kier alpha value is -1.83. The summed E-state index contributed by atoms with van der Waals surface area (Å²) in [4.78, 5) is 11.9. The summed E-state index contributed by atoms with van der Waals surface area (Å²) in [7, 11) is 0. The van der Waals surface area contributed by atoms with Crippen LogP contribution in [0, 0.1) is 0 Å². The zero-order valence-electron chi connectivity index (χ0n) is 12.2. The number of nitrogens with one attached hydrogen (secondary N) is 1. The molecule has 0 aliphatic rings. The van der Waals surface area contributed by atoms with E-state index in [1.54, 1.807) is 24.3 Å². The van der Waals surface area contributed by atoms with Gasteiger partial charge in [-0.15, -0.1) is 10.2 Å². The first-order valence-electron chi connectivity index (χ1n) is 6.88. The van der Waals surface area contributed by atoms with Gasteiger partial charge in [0.05, 0.1) is 5.75 Å². The maximum absolute atomic E-state index is 11.9. The van der Waals surface area contributed by atoms with Gasteiger partial charge in [-0.2, -0.15) is 0 Å². The lowest BCUT2D eigenvalue weighted by Gasteiger charge is -2.03. The molecule has 2 aromatic carbocycles. The second-order valence-corrected chi connectivity index (χ2v) is 7.01. The van der Waals surface area contributed by atoms with Crippen molar-refractivity contribution >= 4 is 50.9 Å². The van der Waals surface area contributed by atoms with E-state index < -0.39 is 0 Å². The molecule has 1 amide bonds. The first-order chi connectivity index (χ1) is 11.6.